The van der Waals surface area contributed by atoms with Gasteiger partial charge in [0.25, 0.3) is 0 Å². The summed E-state index contributed by atoms with van der Waals surface area (Å²) in [5.41, 5.74) is 7.80. The van der Waals surface area contributed by atoms with Crippen LogP contribution in [-0.4, -0.2) is 118 Å². The van der Waals surface area contributed by atoms with E-state index >= 15 is 0 Å². The van der Waals surface area contributed by atoms with Gasteiger partial charge in [0.1, 0.15) is 17.7 Å². The van der Waals surface area contributed by atoms with E-state index in [0.717, 1.165) is 22.8 Å². The first kappa shape index (κ1) is 34.4. The van der Waals surface area contributed by atoms with Crippen molar-refractivity contribution in [3.63, 3.8) is 0 Å². The van der Waals surface area contributed by atoms with Gasteiger partial charge in [0.2, 0.25) is 5.91 Å². The van der Waals surface area contributed by atoms with Gasteiger partial charge in [-0.3, -0.25) is 14.6 Å². The molecule has 3 aliphatic heterocycles. The molecule has 2 amide bonds. The topological polar surface area (TPSA) is 122 Å². The van der Waals surface area contributed by atoms with E-state index in [4.69, 9.17) is 15.2 Å². The second-order valence-electron chi connectivity index (χ2n) is 14.9. The summed E-state index contributed by atoms with van der Waals surface area (Å²) in [6.07, 6.45) is 1.18. The van der Waals surface area contributed by atoms with Crippen LogP contribution in [0.3, 0.4) is 0 Å². The highest BCUT2D eigenvalue weighted by Gasteiger charge is 2.44. The predicted molar refractivity (Wildman–Crippen MR) is 183 cm³/mol. The molecular formula is C34H47FN8O4S. The molecule has 3 atom stereocenters. The first-order valence-corrected chi connectivity index (χ1v) is 17.4. The monoisotopic (exact) mass is 682 g/mol. The van der Waals surface area contributed by atoms with Gasteiger partial charge in [-0.15, -0.1) is 0 Å². The number of nitrogens with two attached hydrogens (primary N) is 1. The number of carbonyl (C=O) groups is 2. The minimum Gasteiger partial charge on any atom is -0.444 e. The van der Waals surface area contributed by atoms with Crippen molar-refractivity contribution < 1.29 is 23.5 Å². The Kier molecular flexibility index (Phi) is 9.39. The SMILES string of the molecule is C[C@@H]1COCCN1C[C@H]1CN(C(=O)OC(C)(C)C)[C@H](C)CN1CC(=O)N1CC(C)(C)c2c1cc(Sc1ccc(F)cc1N)c1ncnn21. The van der Waals surface area contributed by atoms with Gasteiger partial charge in [-0.2, -0.15) is 5.10 Å². The highest BCUT2D eigenvalue weighted by Crippen LogP contribution is 2.45. The zero-order chi connectivity index (χ0) is 34.5. The van der Waals surface area contributed by atoms with Crippen LogP contribution in [0.25, 0.3) is 5.65 Å². The number of pyridine rings is 1. The second kappa shape index (κ2) is 13.1. The third kappa shape index (κ3) is 6.98. The van der Waals surface area contributed by atoms with E-state index in [9.17, 15) is 14.0 Å². The number of anilines is 2. The van der Waals surface area contributed by atoms with Gasteiger partial charge in [0.05, 0.1) is 36.0 Å². The maximum atomic E-state index is 14.4. The molecule has 1 aromatic carbocycles. The molecule has 48 heavy (non-hydrogen) atoms. The van der Waals surface area contributed by atoms with E-state index in [1.54, 1.807) is 6.07 Å². The molecule has 12 nitrogen and oxygen atoms in total. The van der Waals surface area contributed by atoms with E-state index < -0.39 is 16.8 Å². The molecule has 0 unspecified atom stereocenters. The molecule has 14 heteroatoms. The maximum absolute atomic E-state index is 14.4. The third-order valence-electron chi connectivity index (χ3n) is 9.34. The van der Waals surface area contributed by atoms with E-state index in [-0.39, 0.29) is 36.7 Å². The van der Waals surface area contributed by atoms with Crippen molar-refractivity contribution in [3.8, 4) is 0 Å². The first-order chi connectivity index (χ1) is 22.6. The fraction of sp³-hybridized carbons (Fsp3) is 0.588. The van der Waals surface area contributed by atoms with Crippen LogP contribution in [0.15, 0.2) is 40.4 Å². The summed E-state index contributed by atoms with van der Waals surface area (Å²) in [6, 6.07) is 6.31. The zero-order valence-corrected chi connectivity index (χ0v) is 29.7. The van der Waals surface area contributed by atoms with Gasteiger partial charge in [0.15, 0.2) is 5.65 Å². The number of hydrogen-bond acceptors (Lipinski definition) is 10. The number of piperazine rings is 1. The van der Waals surface area contributed by atoms with Gasteiger partial charge < -0.3 is 25.0 Å². The predicted octanol–water partition coefficient (Wildman–Crippen LogP) is 4.26. The van der Waals surface area contributed by atoms with Crippen molar-refractivity contribution >= 4 is 40.8 Å². The molecule has 0 spiro atoms. The van der Waals surface area contributed by atoms with Crippen LogP contribution in [0, 0.1) is 5.82 Å². The van der Waals surface area contributed by atoms with Crippen LogP contribution in [0.5, 0.6) is 0 Å². The molecule has 2 aromatic heterocycles. The number of nitrogen functional groups attached to an aromatic ring is 1. The Morgan fingerprint density at radius 3 is 2.60 bits per heavy atom. The van der Waals surface area contributed by atoms with Crippen molar-refractivity contribution in [3.05, 3.63) is 42.1 Å². The minimum absolute atomic E-state index is 0.0310. The highest BCUT2D eigenvalue weighted by atomic mass is 32.2. The molecule has 3 aliphatic rings. The van der Waals surface area contributed by atoms with Gasteiger partial charge in [-0.05, 0) is 58.9 Å². The number of nitrogens with zero attached hydrogens (tertiary/aromatic N) is 7. The number of aromatic nitrogens is 3. The number of ether oxygens (including phenoxy) is 2. The molecule has 2 N–H and O–H groups in total. The lowest BCUT2D eigenvalue weighted by molar-refractivity contribution is -0.121. The molecule has 260 valence electrons. The lowest BCUT2D eigenvalue weighted by Crippen LogP contribution is -2.64. The van der Waals surface area contributed by atoms with Crippen LogP contribution < -0.4 is 10.6 Å². The normalized spacial score (nSPS) is 23.5. The van der Waals surface area contributed by atoms with Gasteiger partial charge in [-0.1, -0.05) is 25.6 Å². The van der Waals surface area contributed by atoms with Crippen LogP contribution >= 0.6 is 11.8 Å². The fourth-order valence-electron chi connectivity index (χ4n) is 6.98. The van der Waals surface area contributed by atoms with Crippen molar-refractivity contribution in [2.75, 3.05) is 63.1 Å². The number of morpholine rings is 1. The number of benzene rings is 1. The van der Waals surface area contributed by atoms with Gasteiger partial charge >= 0.3 is 6.09 Å². The molecule has 2 saturated heterocycles. The Bertz CT molecular complexity index is 1690. The summed E-state index contributed by atoms with van der Waals surface area (Å²) in [4.78, 5) is 42.0. The van der Waals surface area contributed by atoms with E-state index in [1.165, 1.54) is 30.2 Å². The van der Waals surface area contributed by atoms with Crippen molar-refractivity contribution in [1.82, 2.24) is 29.3 Å². The number of carbonyl (C=O) groups excluding carboxylic acids is 2. The van der Waals surface area contributed by atoms with Crippen molar-refractivity contribution in [2.24, 2.45) is 0 Å². The van der Waals surface area contributed by atoms with Crippen LogP contribution in [0.2, 0.25) is 0 Å². The molecule has 0 bridgehead atoms. The summed E-state index contributed by atoms with van der Waals surface area (Å²) < 4.78 is 27.1. The number of halogens is 1. The standard InChI is InChI=1S/C34H47FN8O4S/c1-21-14-40(24(15-39-10-11-46-18-22(39)2)16-41(21)32(45)47-33(3,4)5)17-29(44)42-19-34(6,7)30-26(42)13-28(31-37-20-38-43(30)31)48-27-9-8-23(35)12-25(27)36/h8-9,12-13,20-22,24H,10-11,14-19,36H2,1-7H3/t21-,22-,24+/m1/s1. The smallest absolute Gasteiger partial charge is 0.410 e. The number of rotatable bonds is 6. The Balaban J connectivity index is 1.29. The molecule has 0 saturated carbocycles. The molecular weight excluding hydrogens is 635 g/mol. The minimum atomic E-state index is -0.608. The van der Waals surface area contributed by atoms with Crippen molar-refractivity contribution in [1.29, 1.82) is 0 Å². The third-order valence-corrected chi connectivity index (χ3v) is 10.5. The number of amides is 2. The number of hydrogen-bond donors (Lipinski definition) is 1. The zero-order valence-electron chi connectivity index (χ0n) is 28.9. The Morgan fingerprint density at radius 2 is 1.90 bits per heavy atom. The molecule has 0 radical (unpaired) electrons. The largest absolute Gasteiger partial charge is 0.444 e. The lowest BCUT2D eigenvalue weighted by atomic mass is 9.91. The average molecular weight is 683 g/mol. The van der Waals surface area contributed by atoms with E-state index in [1.807, 2.05) is 48.1 Å². The Hall–Kier alpha value is -3.46. The molecule has 6 rings (SSSR count). The maximum Gasteiger partial charge on any atom is 0.410 e. The van der Waals surface area contributed by atoms with Gasteiger partial charge in [-0.25, -0.2) is 18.7 Å². The highest BCUT2D eigenvalue weighted by molar-refractivity contribution is 7.99. The fourth-order valence-corrected chi connectivity index (χ4v) is 7.93. The summed E-state index contributed by atoms with van der Waals surface area (Å²) in [7, 11) is 0. The van der Waals surface area contributed by atoms with Crippen molar-refractivity contribution in [2.45, 2.75) is 87.4 Å². The van der Waals surface area contributed by atoms with E-state index in [2.05, 4.69) is 40.7 Å². The average Bonchev–Trinajstić information content (AvgIpc) is 3.58. The second-order valence-corrected chi connectivity index (χ2v) is 16.0. The van der Waals surface area contributed by atoms with E-state index in [0.29, 0.717) is 55.6 Å². The van der Waals surface area contributed by atoms with Crippen LogP contribution in [0.1, 0.15) is 54.2 Å². The van der Waals surface area contributed by atoms with Crippen LogP contribution in [0.4, 0.5) is 20.6 Å². The lowest BCUT2D eigenvalue weighted by Gasteiger charge is -2.47. The quantitative estimate of drug-likeness (QED) is 0.378. The van der Waals surface area contributed by atoms with Gasteiger partial charge in [0, 0.05) is 66.8 Å². The summed E-state index contributed by atoms with van der Waals surface area (Å²) in [5.74, 6) is -0.434. The summed E-state index contributed by atoms with van der Waals surface area (Å²) >= 11 is 1.37. The summed E-state index contributed by atoms with van der Waals surface area (Å²) in [6.45, 7) is 18.4. The van der Waals surface area contributed by atoms with Crippen LogP contribution in [-0.2, 0) is 19.7 Å². The first-order valence-electron chi connectivity index (χ1n) is 16.6. The summed E-state index contributed by atoms with van der Waals surface area (Å²) in [5, 5.41) is 4.57. The Morgan fingerprint density at radius 1 is 1.12 bits per heavy atom. The Labute approximate surface area is 285 Å². The molecule has 5 heterocycles. The molecule has 0 aliphatic carbocycles. The molecule has 3 aromatic rings. The number of fused-ring (bicyclic) bond motifs is 3. The molecule has 2 fully saturated rings.